The second-order valence-corrected chi connectivity index (χ2v) is 8.10. The van der Waals surface area contributed by atoms with Crippen LogP contribution in [0.3, 0.4) is 0 Å². The Hall–Kier alpha value is -1.71. The number of rotatable bonds is 4. The Kier molecular flexibility index (Phi) is 4.74. The molecule has 1 aliphatic rings. The minimum absolute atomic E-state index is 0.0387. The SMILES string of the molecule is CC(=O)SCC(=Cc1ncnc2nc[nH]c12)B1OC(C)(C)C(C)(C)O1. The van der Waals surface area contributed by atoms with Gasteiger partial charge in [0.2, 0.25) is 0 Å². The van der Waals surface area contributed by atoms with E-state index in [9.17, 15) is 4.79 Å². The quantitative estimate of drug-likeness (QED) is 0.839. The molecule has 2 aromatic heterocycles. The molecule has 0 bridgehead atoms. The van der Waals surface area contributed by atoms with Gasteiger partial charge in [-0.2, -0.15) is 0 Å². The number of imidazole rings is 1. The van der Waals surface area contributed by atoms with E-state index in [2.05, 4.69) is 19.9 Å². The molecule has 1 saturated heterocycles. The van der Waals surface area contributed by atoms with E-state index >= 15 is 0 Å². The standard InChI is InChI=1S/C16H21BN4O3S/c1-10(22)25-7-11(17-23-15(2,3)16(4,5)24-17)6-12-13-14(20-8-18-12)21-9-19-13/h6,8-9H,7H2,1-5H3,(H,18,19,20,21). The molecule has 0 spiro atoms. The van der Waals surface area contributed by atoms with E-state index < -0.39 is 18.3 Å². The lowest BCUT2D eigenvalue weighted by atomic mass is 9.78. The maximum atomic E-state index is 11.5. The Morgan fingerprint density at radius 1 is 1.24 bits per heavy atom. The molecule has 3 rings (SSSR count). The molecular weight excluding hydrogens is 339 g/mol. The summed E-state index contributed by atoms with van der Waals surface area (Å²) < 4.78 is 12.3. The van der Waals surface area contributed by atoms with Crippen molar-refractivity contribution in [3.8, 4) is 0 Å². The summed E-state index contributed by atoms with van der Waals surface area (Å²) in [6.45, 7) is 9.55. The van der Waals surface area contributed by atoms with Gasteiger partial charge >= 0.3 is 7.12 Å². The lowest BCUT2D eigenvalue weighted by molar-refractivity contribution is -0.109. The van der Waals surface area contributed by atoms with Crippen molar-refractivity contribution in [2.24, 2.45) is 0 Å². The zero-order valence-electron chi connectivity index (χ0n) is 15.0. The molecular formula is C16H21BN4O3S. The fourth-order valence-corrected chi connectivity index (χ4v) is 3.02. The molecule has 1 N–H and O–H groups in total. The van der Waals surface area contributed by atoms with Gasteiger partial charge in [-0.1, -0.05) is 11.8 Å². The highest BCUT2D eigenvalue weighted by Gasteiger charge is 2.52. The topological polar surface area (TPSA) is 90.0 Å². The predicted octanol–water partition coefficient (Wildman–Crippen LogP) is 2.65. The third-order valence-electron chi connectivity index (χ3n) is 4.57. The van der Waals surface area contributed by atoms with Crippen LogP contribution in [0.15, 0.2) is 18.1 Å². The van der Waals surface area contributed by atoms with Gasteiger partial charge in [0.1, 0.15) is 11.8 Å². The summed E-state index contributed by atoms with van der Waals surface area (Å²) in [6, 6.07) is 0. The highest BCUT2D eigenvalue weighted by atomic mass is 32.2. The average Bonchev–Trinajstić information content (AvgIpc) is 3.06. The molecule has 9 heteroatoms. The molecule has 0 saturated carbocycles. The summed E-state index contributed by atoms with van der Waals surface area (Å²) in [4.78, 5) is 27.1. The van der Waals surface area contributed by atoms with Crippen molar-refractivity contribution in [1.82, 2.24) is 19.9 Å². The molecule has 3 heterocycles. The van der Waals surface area contributed by atoms with Gasteiger partial charge < -0.3 is 14.3 Å². The molecule has 1 fully saturated rings. The smallest absolute Gasteiger partial charge is 0.400 e. The van der Waals surface area contributed by atoms with Crippen LogP contribution in [-0.4, -0.2) is 49.1 Å². The number of nitrogens with zero attached hydrogens (tertiary/aromatic N) is 3. The number of aromatic nitrogens is 4. The Labute approximate surface area is 151 Å². The maximum absolute atomic E-state index is 11.5. The zero-order chi connectivity index (χ0) is 18.2. The molecule has 1 aliphatic heterocycles. The fraction of sp³-hybridized carbons (Fsp3) is 0.500. The highest BCUT2D eigenvalue weighted by molar-refractivity contribution is 8.13. The van der Waals surface area contributed by atoms with E-state index in [4.69, 9.17) is 9.31 Å². The Morgan fingerprint density at radius 2 is 1.92 bits per heavy atom. The van der Waals surface area contributed by atoms with Crippen LogP contribution in [0.1, 0.15) is 40.3 Å². The number of hydrogen-bond donors (Lipinski definition) is 1. The second kappa shape index (κ2) is 6.55. The second-order valence-electron chi connectivity index (χ2n) is 6.95. The molecule has 132 valence electrons. The molecule has 0 unspecified atom stereocenters. The predicted molar refractivity (Wildman–Crippen MR) is 98.9 cm³/mol. The van der Waals surface area contributed by atoms with Gasteiger partial charge in [-0.25, -0.2) is 15.0 Å². The van der Waals surface area contributed by atoms with E-state index in [1.807, 2.05) is 33.8 Å². The zero-order valence-corrected chi connectivity index (χ0v) is 15.8. The summed E-state index contributed by atoms with van der Waals surface area (Å²) in [6.07, 6.45) is 4.94. The first-order chi connectivity index (χ1) is 11.7. The van der Waals surface area contributed by atoms with Gasteiger partial charge in [0.25, 0.3) is 0 Å². The molecule has 7 nitrogen and oxygen atoms in total. The summed E-state index contributed by atoms with van der Waals surface area (Å²) in [7, 11) is -0.537. The Morgan fingerprint density at radius 3 is 2.56 bits per heavy atom. The third kappa shape index (κ3) is 3.63. The maximum Gasteiger partial charge on any atom is 0.491 e. The number of thioether (sulfide) groups is 1. The van der Waals surface area contributed by atoms with E-state index in [0.29, 0.717) is 17.1 Å². The first-order valence-electron chi connectivity index (χ1n) is 8.03. The van der Waals surface area contributed by atoms with Crippen molar-refractivity contribution < 1.29 is 14.1 Å². The number of carbonyl (C=O) groups excluding carboxylic acids is 1. The third-order valence-corrected chi connectivity index (χ3v) is 5.46. The van der Waals surface area contributed by atoms with Crippen molar-refractivity contribution in [2.75, 3.05) is 5.75 Å². The van der Waals surface area contributed by atoms with Crippen molar-refractivity contribution in [3.63, 3.8) is 0 Å². The van der Waals surface area contributed by atoms with Crippen molar-refractivity contribution in [3.05, 3.63) is 23.8 Å². The first kappa shape index (κ1) is 18.1. The number of hydrogen-bond acceptors (Lipinski definition) is 7. The minimum atomic E-state index is -0.537. The van der Waals surface area contributed by atoms with Gasteiger partial charge in [-0.3, -0.25) is 4.79 Å². The van der Waals surface area contributed by atoms with Gasteiger partial charge in [0.05, 0.1) is 23.2 Å². The number of fused-ring (bicyclic) bond motifs is 1. The first-order valence-corrected chi connectivity index (χ1v) is 9.02. The van der Waals surface area contributed by atoms with E-state index in [-0.39, 0.29) is 5.12 Å². The monoisotopic (exact) mass is 360 g/mol. The summed E-state index contributed by atoms with van der Waals surface area (Å²) >= 11 is 1.22. The molecule has 25 heavy (non-hydrogen) atoms. The summed E-state index contributed by atoms with van der Waals surface area (Å²) in [5.41, 5.74) is 1.96. The van der Waals surface area contributed by atoms with Crippen LogP contribution >= 0.6 is 11.8 Å². The number of aromatic amines is 1. The largest absolute Gasteiger partial charge is 0.491 e. The number of H-pyrrole nitrogens is 1. The summed E-state index contributed by atoms with van der Waals surface area (Å²) in [5, 5.41) is 0.0387. The van der Waals surface area contributed by atoms with Gasteiger partial charge in [0, 0.05) is 12.7 Å². The van der Waals surface area contributed by atoms with Crippen LogP contribution in [0.4, 0.5) is 0 Å². The van der Waals surface area contributed by atoms with Gasteiger partial charge in [0.15, 0.2) is 10.8 Å². The van der Waals surface area contributed by atoms with Crippen LogP contribution in [0.5, 0.6) is 0 Å². The lowest BCUT2D eigenvalue weighted by Crippen LogP contribution is -2.41. The Bertz CT molecular complexity index is 818. The molecule has 0 amide bonds. The van der Waals surface area contributed by atoms with Crippen molar-refractivity contribution in [2.45, 2.75) is 45.8 Å². The van der Waals surface area contributed by atoms with Crippen LogP contribution in [0.2, 0.25) is 0 Å². The highest BCUT2D eigenvalue weighted by Crippen LogP contribution is 2.39. The average molecular weight is 360 g/mol. The van der Waals surface area contributed by atoms with Gasteiger partial charge in [-0.05, 0) is 39.2 Å². The van der Waals surface area contributed by atoms with Crippen LogP contribution < -0.4 is 0 Å². The molecule has 0 atom stereocenters. The lowest BCUT2D eigenvalue weighted by Gasteiger charge is -2.32. The summed E-state index contributed by atoms with van der Waals surface area (Å²) in [5.74, 6) is 0.464. The van der Waals surface area contributed by atoms with E-state index in [1.165, 1.54) is 18.1 Å². The van der Waals surface area contributed by atoms with Crippen LogP contribution in [0.25, 0.3) is 17.2 Å². The minimum Gasteiger partial charge on any atom is -0.400 e. The molecule has 0 aromatic carbocycles. The van der Waals surface area contributed by atoms with E-state index in [0.717, 1.165) is 11.0 Å². The number of carbonyl (C=O) groups is 1. The van der Waals surface area contributed by atoms with Crippen LogP contribution in [-0.2, 0) is 14.1 Å². The number of nitrogens with one attached hydrogen (secondary N) is 1. The van der Waals surface area contributed by atoms with Crippen LogP contribution in [0, 0.1) is 0 Å². The normalized spacial score (nSPS) is 19.6. The van der Waals surface area contributed by atoms with E-state index in [1.54, 1.807) is 13.3 Å². The van der Waals surface area contributed by atoms with Crippen molar-refractivity contribution >= 4 is 41.2 Å². The van der Waals surface area contributed by atoms with Gasteiger partial charge in [-0.15, -0.1) is 0 Å². The molecule has 0 aliphatic carbocycles. The molecule has 2 aromatic rings. The van der Waals surface area contributed by atoms with Crippen molar-refractivity contribution in [1.29, 1.82) is 0 Å². The Balaban J connectivity index is 1.98. The fourth-order valence-electron chi connectivity index (χ4n) is 2.43. The molecule has 0 radical (unpaired) electrons.